The Morgan fingerprint density at radius 1 is 1.50 bits per heavy atom. The molecule has 112 valence electrons. The molecule has 1 aromatic carbocycles. The van der Waals surface area contributed by atoms with Crippen LogP contribution >= 0.6 is 0 Å². The van der Waals surface area contributed by atoms with Gasteiger partial charge in [-0.3, -0.25) is 0 Å². The van der Waals surface area contributed by atoms with E-state index in [1.54, 1.807) is 12.1 Å². The van der Waals surface area contributed by atoms with Crippen LogP contribution in [0.25, 0.3) is 0 Å². The zero-order valence-corrected chi connectivity index (χ0v) is 12.3. The summed E-state index contributed by atoms with van der Waals surface area (Å²) in [6.07, 6.45) is 1.80. The van der Waals surface area contributed by atoms with E-state index in [-0.39, 0.29) is 24.1 Å². The first kappa shape index (κ1) is 15.2. The number of nitrogens with two attached hydrogens (primary N) is 1. The fraction of sp³-hybridized carbons (Fsp3) is 0.538. The topological polar surface area (TPSA) is 90.7 Å². The molecule has 1 aliphatic rings. The molecule has 0 aliphatic carbocycles. The van der Waals surface area contributed by atoms with E-state index in [1.807, 2.05) is 0 Å². The Morgan fingerprint density at radius 2 is 2.30 bits per heavy atom. The third kappa shape index (κ3) is 3.49. The molecular formula is C13H20N2O4S. The Labute approximate surface area is 119 Å². The van der Waals surface area contributed by atoms with Crippen LogP contribution < -0.4 is 15.2 Å². The van der Waals surface area contributed by atoms with E-state index in [0.29, 0.717) is 12.4 Å². The van der Waals surface area contributed by atoms with Gasteiger partial charge in [-0.15, -0.1) is 0 Å². The lowest BCUT2D eigenvalue weighted by Crippen LogP contribution is -2.32. The lowest BCUT2D eigenvalue weighted by Gasteiger charge is -2.14. The van der Waals surface area contributed by atoms with Gasteiger partial charge in [0.05, 0.1) is 13.2 Å². The highest BCUT2D eigenvalue weighted by Gasteiger charge is 2.23. The molecule has 3 N–H and O–H groups in total. The average molecular weight is 300 g/mol. The smallest absolute Gasteiger partial charge is 0.244 e. The number of benzene rings is 1. The molecular weight excluding hydrogens is 280 g/mol. The quantitative estimate of drug-likeness (QED) is 0.803. The SMILES string of the molecule is COc1ccc(CN)cc1S(=O)(=O)NCC1CCCO1. The lowest BCUT2D eigenvalue weighted by molar-refractivity contribution is 0.114. The summed E-state index contributed by atoms with van der Waals surface area (Å²) >= 11 is 0. The predicted octanol–water partition coefficient (Wildman–Crippen LogP) is 0.611. The van der Waals surface area contributed by atoms with Gasteiger partial charge in [-0.05, 0) is 30.5 Å². The third-order valence-corrected chi connectivity index (χ3v) is 4.72. The van der Waals surface area contributed by atoms with Crippen LogP contribution in [-0.4, -0.2) is 34.8 Å². The number of hydrogen-bond acceptors (Lipinski definition) is 5. The minimum atomic E-state index is -3.63. The van der Waals surface area contributed by atoms with Gasteiger partial charge in [-0.25, -0.2) is 13.1 Å². The summed E-state index contributed by atoms with van der Waals surface area (Å²) in [7, 11) is -2.19. The number of methoxy groups -OCH3 is 1. The molecule has 6 nitrogen and oxygen atoms in total. The fourth-order valence-electron chi connectivity index (χ4n) is 2.14. The average Bonchev–Trinajstić information content (AvgIpc) is 2.98. The number of sulfonamides is 1. The first-order valence-corrected chi connectivity index (χ1v) is 8.03. The van der Waals surface area contributed by atoms with Gasteiger partial charge in [0.2, 0.25) is 10.0 Å². The Hall–Kier alpha value is -1.15. The molecule has 7 heteroatoms. The Morgan fingerprint density at radius 3 is 2.90 bits per heavy atom. The highest BCUT2D eigenvalue weighted by atomic mass is 32.2. The van der Waals surface area contributed by atoms with Crippen LogP contribution in [0.15, 0.2) is 23.1 Å². The second-order valence-corrected chi connectivity index (χ2v) is 6.41. The van der Waals surface area contributed by atoms with Gasteiger partial charge in [0, 0.05) is 19.7 Å². The Kier molecular flexibility index (Phi) is 4.98. The molecule has 1 heterocycles. The molecule has 0 saturated carbocycles. The zero-order chi connectivity index (χ0) is 14.6. The molecule has 2 rings (SSSR count). The monoisotopic (exact) mass is 300 g/mol. The Bertz CT molecular complexity index is 553. The van der Waals surface area contributed by atoms with E-state index in [4.69, 9.17) is 15.2 Å². The first-order valence-electron chi connectivity index (χ1n) is 6.55. The fourth-order valence-corrected chi connectivity index (χ4v) is 3.43. The summed E-state index contributed by atoms with van der Waals surface area (Å²) in [6.45, 7) is 1.25. The van der Waals surface area contributed by atoms with Crippen molar-refractivity contribution in [3.8, 4) is 5.75 Å². The molecule has 20 heavy (non-hydrogen) atoms. The van der Waals surface area contributed by atoms with Crippen molar-refractivity contribution in [1.29, 1.82) is 0 Å². The summed E-state index contributed by atoms with van der Waals surface area (Å²) < 4.78 is 37.8. The van der Waals surface area contributed by atoms with Crippen LogP contribution in [0.2, 0.25) is 0 Å². The second-order valence-electron chi connectivity index (χ2n) is 4.68. The van der Waals surface area contributed by atoms with Gasteiger partial charge in [0.25, 0.3) is 0 Å². The van der Waals surface area contributed by atoms with Crippen molar-refractivity contribution in [2.45, 2.75) is 30.4 Å². The molecule has 0 radical (unpaired) electrons. The van der Waals surface area contributed by atoms with Gasteiger partial charge in [-0.2, -0.15) is 0 Å². The van der Waals surface area contributed by atoms with Gasteiger partial charge in [0.1, 0.15) is 10.6 Å². The Balaban J connectivity index is 2.18. The first-order chi connectivity index (χ1) is 9.56. The normalized spacial score (nSPS) is 19.2. The van der Waals surface area contributed by atoms with Crippen LogP contribution in [0.4, 0.5) is 0 Å². The van der Waals surface area contributed by atoms with Crippen LogP contribution in [0, 0.1) is 0 Å². The van der Waals surface area contributed by atoms with Crippen LogP contribution in [0.5, 0.6) is 5.75 Å². The molecule has 0 amide bonds. The van der Waals surface area contributed by atoms with Crippen LogP contribution in [0.3, 0.4) is 0 Å². The number of ether oxygens (including phenoxy) is 2. The summed E-state index contributed by atoms with van der Waals surface area (Å²) in [5.41, 5.74) is 6.29. The summed E-state index contributed by atoms with van der Waals surface area (Å²) in [5, 5.41) is 0. The molecule has 0 aromatic heterocycles. The molecule has 1 aromatic rings. The van der Waals surface area contributed by atoms with Crippen LogP contribution in [-0.2, 0) is 21.3 Å². The van der Waals surface area contributed by atoms with Gasteiger partial charge < -0.3 is 15.2 Å². The maximum absolute atomic E-state index is 12.3. The molecule has 0 bridgehead atoms. The number of nitrogens with one attached hydrogen (secondary N) is 1. The third-order valence-electron chi connectivity index (χ3n) is 3.28. The molecule has 1 fully saturated rings. The van der Waals surface area contributed by atoms with Crippen molar-refractivity contribution < 1.29 is 17.9 Å². The van der Waals surface area contributed by atoms with Crippen molar-refractivity contribution >= 4 is 10.0 Å². The van der Waals surface area contributed by atoms with Crippen molar-refractivity contribution in [3.63, 3.8) is 0 Å². The van der Waals surface area contributed by atoms with E-state index < -0.39 is 10.0 Å². The van der Waals surface area contributed by atoms with Crippen molar-refractivity contribution in [3.05, 3.63) is 23.8 Å². The summed E-state index contributed by atoms with van der Waals surface area (Å²) in [6, 6.07) is 4.90. The van der Waals surface area contributed by atoms with Gasteiger partial charge >= 0.3 is 0 Å². The minimum absolute atomic E-state index is 0.0477. The van der Waals surface area contributed by atoms with E-state index >= 15 is 0 Å². The molecule has 1 atom stereocenters. The van der Waals surface area contributed by atoms with E-state index in [2.05, 4.69) is 4.72 Å². The lowest BCUT2D eigenvalue weighted by atomic mass is 10.2. The maximum Gasteiger partial charge on any atom is 0.244 e. The zero-order valence-electron chi connectivity index (χ0n) is 11.5. The maximum atomic E-state index is 12.3. The van der Waals surface area contributed by atoms with Gasteiger partial charge in [-0.1, -0.05) is 6.07 Å². The molecule has 0 spiro atoms. The molecule has 1 saturated heterocycles. The standard InChI is InChI=1S/C13H20N2O4S/c1-18-12-5-4-10(8-14)7-13(12)20(16,17)15-9-11-3-2-6-19-11/h4-5,7,11,15H,2-3,6,8-9,14H2,1H3. The second kappa shape index (κ2) is 6.53. The highest BCUT2D eigenvalue weighted by Crippen LogP contribution is 2.25. The van der Waals surface area contributed by atoms with Gasteiger partial charge in [0.15, 0.2) is 0 Å². The van der Waals surface area contributed by atoms with Crippen molar-refractivity contribution in [2.24, 2.45) is 5.73 Å². The molecule has 1 aliphatic heterocycles. The largest absolute Gasteiger partial charge is 0.495 e. The minimum Gasteiger partial charge on any atom is -0.495 e. The van der Waals surface area contributed by atoms with E-state index in [1.165, 1.54) is 13.2 Å². The van der Waals surface area contributed by atoms with Crippen molar-refractivity contribution in [1.82, 2.24) is 4.72 Å². The van der Waals surface area contributed by atoms with Crippen molar-refractivity contribution in [2.75, 3.05) is 20.3 Å². The molecule has 1 unspecified atom stereocenters. The predicted molar refractivity (Wildman–Crippen MR) is 75.0 cm³/mol. The summed E-state index contributed by atoms with van der Waals surface area (Å²) in [5.74, 6) is 0.307. The van der Waals surface area contributed by atoms with E-state index in [9.17, 15) is 8.42 Å². The summed E-state index contributed by atoms with van der Waals surface area (Å²) in [4.78, 5) is 0.112. The number of hydrogen-bond donors (Lipinski definition) is 2. The highest BCUT2D eigenvalue weighted by molar-refractivity contribution is 7.89. The van der Waals surface area contributed by atoms with E-state index in [0.717, 1.165) is 18.4 Å². The van der Waals surface area contributed by atoms with Crippen LogP contribution in [0.1, 0.15) is 18.4 Å². The number of rotatable bonds is 6.